The SMILES string of the molecule is CC1=C(/C=C\C2(C)C=CCC=C2)C(C)(C)C(CO)CC1. The fraction of sp³-hybridized carbons (Fsp3) is 0.579. The molecule has 0 aromatic carbocycles. The Morgan fingerprint density at radius 2 is 1.90 bits per heavy atom. The molecule has 1 unspecified atom stereocenters. The Hall–Kier alpha value is -1.08. The van der Waals surface area contributed by atoms with Gasteiger partial charge in [-0.1, -0.05) is 55.9 Å². The highest BCUT2D eigenvalue weighted by atomic mass is 16.3. The number of aliphatic hydroxyl groups excluding tert-OH is 1. The Bertz CT molecular complexity index is 462. The van der Waals surface area contributed by atoms with E-state index >= 15 is 0 Å². The second kappa shape index (κ2) is 5.73. The molecule has 0 aromatic heterocycles. The van der Waals surface area contributed by atoms with E-state index in [2.05, 4.69) is 64.2 Å². The Morgan fingerprint density at radius 3 is 2.50 bits per heavy atom. The zero-order chi connectivity index (χ0) is 14.8. The van der Waals surface area contributed by atoms with Crippen LogP contribution in [-0.2, 0) is 0 Å². The zero-order valence-corrected chi connectivity index (χ0v) is 13.3. The summed E-state index contributed by atoms with van der Waals surface area (Å²) in [5.41, 5.74) is 2.99. The van der Waals surface area contributed by atoms with Gasteiger partial charge in [0.05, 0.1) is 0 Å². The van der Waals surface area contributed by atoms with Gasteiger partial charge in [0, 0.05) is 12.0 Å². The van der Waals surface area contributed by atoms with Gasteiger partial charge in [0.2, 0.25) is 0 Å². The monoisotopic (exact) mass is 272 g/mol. The molecular weight excluding hydrogens is 244 g/mol. The van der Waals surface area contributed by atoms with E-state index in [4.69, 9.17) is 0 Å². The summed E-state index contributed by atoms with van der Waals surface area (Å²) in [5, 5.41) is 9.63. The molecule has 0 amide bonds. The van der Waals surface area contributed by atoms with E-state index in [0.717, 1.165) is 19.3 Å². The molecule has 0 radical (unpaired) electrons. The molecule has 2 aliphatic rings. The summed E-state index contributed by atoms with van der Waals surface area (Å²) in [5.74, 6) is 0.371. The second-order valence-electron chi connectivity index (χ2n) is 7.07. The zero-order valence-electron chi connectivity index (χ0n) is 13.3. The van der Waals surface area contributed by atoms with Crippen molar-refractivity contribution in [2.45, 2.75) is 47.0 Å². The molecule has 2 rings (SSSR count). The summed E-state index contributed by atoms with van der Waals surface area (Å²) < 4.78 is 0. The van der Waals surface area contributed by atoms with E-state index in [1.54, 1.807) is 0 Å². The van der Waals surface area contributed by atoms with Crippen LogP contribution in [0.1, 0.15) is 47.0 Å². The van der Waals surface area contributed by atoms with E-state index in [1.807, 2.05) is 0 Å². The first-order valence-electron chi connectivity index (χ1n) is 7.75. The third-order valence-electron chi connectivity index (χ3n) is 5.10. The summed E-state index contributed by atoms with van der Waals surface area (Å²) in [6.07, 6.45) is 16.9. The summed E-state index contributed by atoms with van der Waals surface area (Å²) in [6, 6.07) is 0. The first-order chi connectivity index (χ1) is 9.39. The molecule has 1 nitrogen and oxygen atoms in total. The number of rotatable bonds is 3. The van der Waals surface area contributed by atoms with E-state index in [1.165, 1.54) is 11.1 Å². The summed E-state index contributed by atoms with van der Waals surface area (Å²) in [6.45, 7) is 9.31. The molecular formula is C19H28O. The van der Waals surface area contributed by atoms with Gasteiger partial charge in [-0.3, -0.25) is 0 Å². The maximum atomic E-state index is 9.63. The molecule has 0 aliphatic heterocycles. The highest BCUT2D eigenvalue weighted by Gasteiger charge is 2.35. The maximum absolute atomic E-state index is 9.63. The van der Waals surface area contributed by atoms with Crippen LogP contribution in [-0.4, -0.2) is 11.7 Å². The predicted octanol–water partition coefficient (Wildman–Crippen LogP) is 4.81. The normalized spacial score (nSPS) is 28.4. The van der Waals surface area contributed by atoms with Crippen molar-refractivity contribution < 1.29 is 5.11 Å². The van der Waals surface area contributed by atoms with Crippen LogP contribution < -0.4 is 0 Å². The molecule has 0 saturated heterocycles. The standard InChI is InChI=1S/C19H28O/c1-15-8-9-16(14-20)18(2,3)17(15)10-13-19(4)11-6-5-7-12-19/h6-7,10-13,16,20H,5,8-9,14H2,1-4H3/b13-10-. The lowest BCUT2D eigenvalue weighted by molar-refractivity contribution is 0.128. The van der Waals surface area contributed by atoms with Crippen molar-refractivity contribution in [3.05, 3.63) is 47.6 Å². The minimum atomic E-state index is 0.0355. The summed E-state index contributed by atoms with van der Waals surface area (Å²) >= 11 is 0. The topological polar surface area (TPSA) is 20.2 Å². The van der Waals surface area contributed by atoms with Crippen LogP contribution in [0.4, 0.5) is 0 Å². The molecule has 0 bridgehead atoms. The molecule has 0 aromatic rings. The third kappa shape index (κ3) is 2.98. The minimum Gasteiger partial charge on any atom is -0.396 e. The Labute approximate surface area is 123 Å². The molecule has 0 heterocycles. The van der Waals surface area contributed by atoms with Crippen molar-refractivity contribution in [3.63, 3.8) is 0 Å². The quantitative estimate of drug-likeness (QED) is 0.731. The van der Waals surface area contributed by atoms with Crippen LogP contribution in [0.15, 0.2) is 47.6 Å². The fourth-order valence-corrected chi connectivity index (χ4v) is 3.48. The van der Waals surface area contributed by atoms with Crippen molar-refractivity contribution in [2.75, 3.05) is 6.61 Å². The largest absolute Gasteiger partial charge is 0.396 e. The average Bonchev–Trinajstić information content (AvgIpc) is 2.38. The van der Waals surface area contributed by atoms with Gasteiger partial charge in [-0.15, -0.1) is 0 Å². The van der Waals surface area contributed by atoms with E-state index in [9.17, 15) is 5.11 Å². The van der Waals surface area contributed by atoms with Crippen LogP contribution >= 0.6 is 0 Å². The van der Waals surface area contributed by atoms with E-state index in [0.29, 0.717) is 5.92 Å². The Morgan fingerprint density at radius 1 is 1.25 bits per heavy atom. The molecule has 2 aliphatic carbocycles. The van der Waals surface area contributed by atoms with Crippen molar-refractivity contribution >= 4 is 0 Å². The van der Waals surface area contributed by atoms with Crippen LogP contribution in [0, 0.1) is 16.7 Å². The van der Waals surface area contributed by atoms with Gasteiger partial charge in [-0.05, 0) is 50.0 Å². The van der Waals surface area contributed by atoms with Crippen molar-refractivity contribution in [1.29, 1.82) is 0 Å². The number of hydrogen-bond acceptors (Lipinski definition) is 1. The van der Waals surface area contributed by atoms with Gasteiger partial charge >= 0.3 is 0 Å². The lowest BCUT2D eigenvalue weighted by Crippen LogP contribution is -2.32. The molecule has 1 atom stereocenters. The third-order valence-corrected chi connectivity index (χ3v) is 5.10. The van der Waals surface area contributed by atoms with Crippen LogP contribution in [0.5, 0.6) is 0 Å². The maximum Gasteiger partial charge on any atom is 0.0467 e. The fourth-order valence-electron chi connectivity index (χ4n) is 3.48. The molecule has 0 saturated carbocycles. The first kappa shape index (κ1) is 15.3. The minimum absolute atomic E-state index is 0.0355. The lowest BCUT2D eigenvalue weighted by atomic mass is 9.65. The number of aliphatic hydroxyl groups is 1. The molecule has 1 N–H and O–H groups in total. The Kier molecular flexibility index (Phi) is 4.39. The predicted molar refractivity (Wildman–Crippen MR) is 86.4 cm³/mol. The summed E-state index contributed by atoms with van der Waals surface area (Å²) in [4.78, 5) is 0. The molecule has 0 spiro atoms. The van der Waals surface area contributed by atoms with E-state index in [-0.39, 0.29) is 17.4 Å². The van der Waals surface area contributed by atoms with Gasteiger partial charge in [-0.25, -0.2) is 0 Å². The van der Waals surface area contributed by atoms with Crippen LogP contribution in [0.2, 0.25) is 0 Å². The smallest absolute Gasteiger partial charge is 0.0467 e. The van der Waals surface area contributed by atoms with Gasteiger partial charge < -0.3 is 5.11 Å². The number of hydrogen-bond donors (Lipinski definition) is 1. The van der Waals surface area contributed by atoms with Gasteiger partial charge in [-0.2, -0.15) is 0 Å². The first-order valence-corrected chi connectivity index (χ1v) is 7.75. The average molecular weight is 272 g/mol. The molecule has 0 fully saturated rings. The van der Waals surface area contributed by atoms with Crippen LogP contribution in [0.3, 0.4) is 0 Å². The van der Waals surface area contributed by atoms with Crippen molar-refractivity contribution in [2.24, 2.45) is 16.7 Å². The molecule has 110 valence electrons. The van der Waals surface area contributed by atoms with Crippen LogP contribution in [0.25, 0.3) is 0 Å². The highest BCUT2D eigenvalue weighted by molar-refractivity contribution is 5.37. The molecule has 20 heavy (non-hydrogen) atoms. The lowest BCUT2D eigenvalue weighted by Gasteiger charge is -2.40. The van der Waals surface area contributed by atoms with Gasteiger partial charge in [0.25, 0.3) is 0 Å². The van der Waals surface area contributed by atoms with Gasteiger partial charge in [0.15, 0.2) is 0 Å². The van der Waals surface area contributed by atoms with Crippen molar-refractivity contribution in [3.8, 4) is 0 Å². The van der Waals surface area contributed by atoms with Crippen molar-refractivity contribution in [1.82, 2.24) is 0 Å². The second-order valence-corrected chi connectivity index (χ2v) is 7.07. The number of allylic oxidation sites excluding steroid dienone is 8. The molecule has 1 heteroatoms. The van der Waals surface area contributed by atoms with Gasteiger partial charge in [0.1, 0.15) is 0 Å². The summed E-state index contributed by atoms with van der Waals surface area (Å²) in [7, 11) is 0. The highest BCUT2D eigenvalue weighted by Crippen LogP contribution is 2.45. The Balaban J connectivity index is 2.28. The van der Waals surface area contributed by atoms with E-state index < -0.39 is 0 Å².